The third-order valence-corrected chi connectivity index (χ3v) is 5.99. The first kappa shape index (κ1) is 14.0. The van der Waals surface area contributed by atoms with Crippen LogP contribution in [0.25, 0.3) is 0 Å². The Balaban J connectivity index is 1.79. The van der Waals surface area contributed by atoms with Crippen molar-refractivity contribution < 1.29 is 8.42 Å². The second-order valence-corrected chi connectivity index (χ2v) is 7.49. The molecule has 0 radical (unpaired) electrons. The molecular weight excluding hydrogens is 274 g/mol. The molecule has 0 amide bonds. The quantitative estimate of drug-likeness (QED) is 0.832. The van der Waals surface area contributed by atoms with Gasteiger partial charge in [-0.25, -0.2) is 0 Å². The van der Waals surface area contributed by atoms with Gasteiger partial charge in [-0.15, -0.1) is 0 Å². The lowest BCUT2D eigenvalue weighted by Gasteiger charge is -2.32. The van der Waals surface area contributed by atoms with Gasteiger partial charge in [-0.3, -0.25) is 4.98 Å². The zero-order valence-electron chi connectivity index (χ0n) is 11.6. The summed E-state index contributed by atoms with van der Waals surface area (Å²) < 4.78 is 28.9. The summed E-state index contributed by atoms with van der Waals surface area (Å²) in [5, 5.41) is 0. The van der Waals surface area contributed by atoms with E-state index in [0.717, 1.165) is 37.7 Å². The van der Waals surface area contributed by atoms with Crippen molar-refractivity contribution in [1.29, 1.82) is 0 Å². The molecule has 0 aromatic carbocycles. The van der Waals surface area contributed by atoms with E-state index in [1.165, 1.54) is 0 Å². The third-order valence-electron chi connectivity index (χ3n) is 3.95. The van der Waals surface area contributed by atoms with E-state index < -0.39 is 10.2 Å². The van der Waals surface area contributed by atoms with E-state index in [2.05, 4.69) is 4.98 Å². The van der Waals surface area contributed by atoms with Crippen molar-refractivity contribution in [2.24, 2.45) is 0 Å². The largest absolute Gasteiger partial charge is 0.282 e. The topological polar surface area (TPSA) is 53.5 Å². The van der Waals surface area contributed by atoms with Crippen molar-refractivity contribution in [1.82, 2.24) is 13.6 Å². The number of hydrogen-bond acceptors (Lipinski definition) is 3. The van der Waals surface area contributed by atoms with Gasteiger partial charge in [-0.05, 0) is 37.3 Å². The molecule has 0 atom stereocenters. The molecule has 2 aliphatic rings. The van der Waals surface area contributed by atoms with Crippen LogP contribution in [0.3, 0.4) is 0 Å². The molecule has 1 aliphatic carbocycles. The zero-order chi connectivity index (χ0) is 14.0. The van der Waals surface area contributed by atoms with E-state index in [9.17, 15) is 8.42 Å². The van der Waals surface area contributed by atoms with E-state index >= 15 is 0 Å². The van der Waals surface area contributed by atoms with E-state index in [0.29, 0.717) is 19.6 Å². The predicted octanol–water partition coefficient (Wildman–Crippen LogP) is 1.78. The van der Waals surface area contributed by atoms with Gasteiger partial charge in [0.25, 0.3) is 10.2 Å². The Kier molecular flexibility index (Phi) is 4.05. The van der Waals surface area contributed by atoms with Gasteiger partial charge in [0.15, 0.2) is 0 Å². The fourth-order valence-electron chi connectivity index (χ4n) is 2.68. The highest BCUT2D eigenvalue weighted by Crippen LogP contribution is 2.32. The normalized spacial score (nSPS) is 21.2. The van der Waals surface area contributed by atoms with Gasteiger partial charge in [-0.2, -0.15) is 17.0 Å². The van der Waals surface area contributed by atoms with Gasteiger partial charge in [0.2, 0.25) is 0 Å². The Morgan fingerprint density at radius 3 is 2.60 bits per heavy atom. The maximum absolute atomic E-state index is 12.8. The van der Waals surface area contributed by atoms with Crippen molar-refractivity contribution in [2.75, 3.05) is 13.1 Å². The highest BCUT2D eigenvalue weighted by Gasteiger charge is 2.40. The van der Waals surface area contributed by atoms with Crippen molar-refractivity contribution in [2.45, 2.75) is 44.7 Å². The summed E-state index contributed by atoms with van der Waals surface area (Å²) in [6, 6.07) is 3.98. The van der Waals surface area contributed by atoms with Crippen molar-refractivity contribution in [3.8, 4) is 0 Å². The summed E-state index contributed by atoms with van der Waals surface area (Å²) in [4.78, 5) is 4.08. The number of piperidine rings is 1. The lowest BCUT2D eigenvalue weighted by atomic mass is 10.2. The van der Waals surface area contributed by atoms with Crippen LogP contribution < -0.4 is 0 Å². The molecule has 2 fully saturated rings. The molecule has 1 saturated carbocycles. The molecule has 20 heavy (non-hydrogen) atoms. The highest BCUT2D eigenvalue weighted by atomic mass is 32.2. The SMILES string of the molecule is O=S(=O)(N1CCCCC1)N(Cc1cccnc1)C1CC1. The molecule has 110 valence electrons. The lowest BCUT2D eigenvalue weighted by Crippen LogP contribution is -2.46. The first-order chi connectivity index (χ1) is 9.68. The average molecular weight is 295 g/mol. The van der Waals surface area contributed by atoms with Gasteiger partial charge in [0, 0.05) is 38.1 Å². The number of pyridine rings is 1. The summed E-state index contributed by atoms with van der Waals surface area (Å²) in [5.41, 5.74) is 0.958. The maximum atomic E-state index is 12.8. The monoisotopic (exact) mass is 295 g/mol. The van der Waals surface area contributed by atoms with E-state index in [-0.39, 0.29) is 6.04 Å². The van der Waals surface area contributed by atoms with Gasteiger partial charge in [0.05, 0.1) is 0 Å². The highest BCUT2D eigenvalue weighted by molar-refractivity contribution is 7.86. The van der Waals surface area contributed by atoms with Crippen molar-refractivity contribution in [3.05, 3.63) is 30.1 Å². The number of nitrogens with zero attached hydrogens (tertiary/aromatic N) is 3. The fraction of sp³-hybridized carbons (Fsp3) is 0.643. The summed E-state index contributed by atoms with van der Waals surface area (Å²) in [5.74, 6) is 0. The summed E-state index contributed by atoms with van der Waals surface area (Å²) >= 11 is 0. The summed E-state index contributed by atoms with van der Waals surface area (Å²) in [6.45, 7) is 1.77. The Morgan fingerprint density at radius 1 is 1.25 bits per heavy atom. The predicted molar refractivity (Wildman–Crippen MR) is 77.1 cm³/mol. The first-order valence-corrected chi connectivity index (χ1v) is 8.73. The minimum atomic E-state index is -3.32. The molecule has 1 aromatic heterocycles. The minimum Gasteiger partial charge on any atom is -0.264 e. The van der Waals surface area contributed by atoms with Crippen LogP contribution >= 0.6 is 0 Å². The smallest absolute Gasteiger partial charge is 0.264 e. The lowest BCUT2D eigenvalue weighted by molar-refractivity contribution is 0.296. The van der Waals surface area contributed by atoms with E-state index in [1.807, 2.05) is 12.1 Å². The molecule has 0 unspecified atom stereocenters. The Bertz CT molecular complexity index is 537. The second-order valence-electron chi connectivity index (χ2n) is 5.61. The van der Waals surface area contributed by atoms with Gasteiger partial charge < -0.3 is 0 Å². The fourth-order valence-corrected chi connectivity index (χ4v) is 4.59. The van der Waals surface area contributed by atoms with E-state index in [4.69, 9.17) is 0 Å². The number of aromatic nitrogens is 1. The van der Waals surface area contributed by atoms with Gasteiger partial charge in [0.1, 0.15) is 0 Å². The van der Waals surface area contributed by atoms with Gasteiger partial charge >= 0.3 is 0 Å². The van der Waals surface area contributed by atoms with Crippen LogP contribution in [-0.2, 0) is 16.8 Å². The third kappa shape index (κ3) is 3.02. The first-order valence-electron chi connectivity index (χ1n) is 7.34. The van der Waals surface area contributed by atoms with Gasteiger partial charge in [-0.1, -0.05) is 12.5 Å². The molecule has 2 heterocycles. The molecule has 0 N–H and O–H groups in total. The number of rotatable bonds is 5. The average Bonchev–Trinajstić information content (AvgIpc) is 3.31. The molecule has 5 nitrogen and oxygen atoms in total. The van der Waals surface area contributed by atoms with Crippen LogP contribution in [-0.4, -0.2) is 41.1 Å². The summed E-state index contributed by atoms with van der Waals surface area (Å²) in [6.07, 6.45) is 8.51. The van der Waals surface area contributed by atoms with Crippen LogP contribution in [0.2, 0.25) is 0 Å². The van der Waals surface area contributed by atoms with Crippen LogP contribution in [0, 0.1) is 0 Å². The zero-order valence-corrected chi connectivity index (χ0v) is 12.4. The Hall–Kier alpha value is -0.980. The molecule has 3 rings (SSSR count). The molecule has 1 aromatic rings. The Morgan fingerprint density at radius 2 is 2.00 bits per heavy atom. The van der Waals surface area contributed by atoms with Crippen LogP contribution in [0.15, 0.2) is 24.5 Å². The van der Waals surface area contributed by atoms with Crippen molar-refractivity contribution >= 4 is 10.2 Å². The second kappa shape index (κ2) is 5.79. The van der Waals surface area contributed by atoms with Crippen LogP contribution in [0.5, 0.6) is 0 Å². The molecule has 1 aliphatic heterocycles. The van der Waals surface area contributed by atoms with Crippen LogP contribution in [0.1, 0.15) is 37.7 Å². The summed E-state index contributed by atoms with van der Waals surface area (Å²) in [7, 11) is -3.32. The molecule has 0 spiro atoms. The molecular formula is C14H21N3O2S. The maximum Gasteiger partial charge on any atom is 0.282 e. The number of hydrogen-bond donors (Lipinski definition) is 0. The molecule has 1 saturated heterocycles. The van der Waals surface area contributed by atoms with E-state index in [1.54, 1.807) is 21.0 Å². The molecule has 0 bridgehead atoms. The van der Waals surface area contributed by atoms with Crippen LogP contribution in [0.4, 0.5) is 0 Å². The minimum absolute atomic E-state index is 0.183. The standard InChI is InChI=1S/C14H21N3O2S/c18-20(19,16-9-2-1-3-10-16)17(14-6-7-14)12-13-5-4-8-15-11-13/h4-5,8,11,14H,1-3,6-7,9-10,12H2. The van der Waals surface area contributed by atoms with Crippen molar-refractivity contribution in [3.63, 3.8) is 0 Å². The molecule has 6 heteroatoms. The Labute approximate surface area is 120 Å².